The van der Waals surface area contributed by atoms with Crippen LogP contribution in [0.5, 0.6) is 0 Å². The Balaban J connectivity index is 1.81. The molecule has 0 N–H and O–H groups in total. The summed E-state index contributed by atoms with van der Waals surface area (Å²) in [6, 6.07) is 8.62. The summed E-state index contributed by atoms with van der Waals surface area (Å²) < 4.78 is 4.11. The van der Waals surface area contributed by atoms with Crippen LogP contribution in [-0.4, -0.2) is 38.9 Å². The number of hydrogen-bond acceptors (Lipinski definition) is 2. The molecule has 4 heteroatoms. The normalized spacial score (nSPS) is 27.5. The van der Waals surface area contributed by atoms with Gasteiger partial charge in [-0.25, -0.2) is 0 Å². The van der Waals surface area contributed by atoms with Crippen molar-refractivity contribution < 1.29 is 4.79 Å². The molecule has 4 nitrogen and oxygen atoms in total. The van der Waals surface area contributed by atoms with Crippen LogP contribution in [0.4, 0.5) is 0 Å². The topological polar surface area (TPSA) is 30.2 Å². The molecule has 0 spiro atoms. The number of Topliss-reactive ketones (excluding diaryl/α,β-unsaturated/α-hetero) is 1. The maximum absolute atomic E-state index is 13.2. The van der Waals surface area contributed by atoms with E-state index in [0.29, 0.717) is 0 Å². The molecule has 4 rings (SSSR count). The summed E-state index contributed by atoms with van der Waals surface area (Å²) in [6.45, 7) is 0. The summed E-state index contributed by atoms with van der Waals surface area (Å²) in [5.41, 5.74) is 4.01. The molecule has 4 heterocycles. The molecular weight excluding hydrogens is 298 g/mol. The highest BCUT2D eigenvalue weighted by Crippen LogP contribution is 2.40. The van der Waals surface area contributed by atoms with Crippen LogP contribution in [0, 0.1) is 0 Å². The highest BCUT2D eigenvalue weighted by molar-refractivity contribution is 6.16. The van der Waals surface area contributed by atoms with Gasteiger partial charge in [0, 0.05) is 61.1 Å². The highest BCUT2D eigenvalue weighted by Gasteiger charge is 2.44. The first-order valence-corrected chi connectivity index (χ1v) is 8.49. The first-order chi connectivity index (χ1) is 11.6. The van der Waals surface area contributed by atoms with Gasteiger partial charge in [-0.05, 0) is 56.3 Å². The van der Waals surface area contributed by atoms with Crippen LogP contribution in [0.1, 0.15) is 24.2 Å². The molecule has 2 aliphatic heterocycles. The molecule has 2 aromatic heterocycles. The summed E-state index contributed by atoms with van der Waals surface area (Å²) in [4.78, 5) is 15.6. The maximum atomic E-state index is 13.2. The molecule has 2 aromatic rings. The average molecular weight is 321 g/mol. The maximum Gasteiger partial charge on any atom is 0.188 e. The number of nitrogens with zero attached hydrogens (tertiary/aromatic N) is 3. The number of fused-ring (bicyclic) bond motifs is 2. The van der Waals surface area contributed by atoms with E-state index in [-0.39, 0.29) is 17.9 Å². The number of carbonyl (C=O) groups is 1. The van der Waals surface area contributed by atoms with Gasteiger partial charge in [-0.3, -0.25) is 9.69 Å². The fourth-order valence-electron chi connectivity index (χ4n) is 4.05. The van der Waals surface area contributed by atoms with E-state index in [1.807, 2.05) is 38.6 Å². The number of likely N-dealkylation sites (N-methyl/N-ethyl adjacent to an activating group) is 1. The highest BCUT2D eigenvalue weighted by atomic mass is 16.1. The van der Waals surface area contributed by atoms with Crippen molar-refractivity contribution in [2.24, 2.45) is 14.1 Å². The number of hydrogen-bond donors (Lipinski definition) is 0. The van der Waals surface area contributed by atoms with Gasteiger partial charge in [-0.1, -0.05) is 0 Å². The molecule has 2 atom stereocenters. The first kappa shape index (κ1) is 15.2. The van der Waals surface area contributed by atoms with Crippen molar-refractivity contribution in [1.82, 2.24) is 14.0 Å². The molecule has 0 saturated carbocycles. The number of rotatable bonds is 2. The molecule has 24 heavy (non-hydrogen) atoms. The lowest BCUT2D eigenvalue weighted by atomic mass is 9.89. The zero-order valence-corrected chi connectivity index (χ0v) is 14.4. The Morgan fingerprint density at radius 3 is 1.71 bits per heavy atom. The molecule has 0 unspecified atom stereocenters. The summed E-state index contributed by atoms with van der Waals surface area (Å²) in [7, 11) is 6.18. The molecule has 0 radical (unpaired) electrons. The lowest BCUT2D eigenvalue weighted by molar-refractivity contribution is -0.114. The van der Waals surface area contributed by atoms with Crippen molar-refractivity contribution in [1.29, 1.82) is 0 Å². The smallest absolute Gasteiger partial charge is 0.188 e. The molecule has 2 saturated heterocycles. The van der Waals surface area contributed by atoms with Crippen LogP contribution in [0.15, 0.2) is 47.8 Å². The van der Waals surface area contributed by atoms with Crippen molar-refractivity contribution in [3.05, 3.63) is 59.2 Å². The Bertz CT molecular complexity index is 784. The Hall–Kier alpha value is -2.33. The number of aromatic nitrogens is 2. The fourth-order valence-corrected chi connectivity index (χ4v) is 4.05. The number of aryl methyl sites for hydroxylation is 2. The van der Waals surface area contributed by atoms with Crippen LogP contribution in [0.2, 0.25) is 0 Å². The van der Waals surface area contributed by atoms with E-state index in [1.54, 1.807) is 0 Å². The monoisotopic (exact) mass is 321 g/mol. The van der Waals surface area contributed by atoms with E-state index < -0.39 is 0 Å². The summed E-state index contributed by atoms with van der Waals surface area (Å²) in [5.74, 6) is 0.211. The van der Waals surface area contributed by atoms with Crippen LogP contribution < -0.4 is 0 Å². The zero-order chi connectivity index (χ0) is 16.8. The summed E-state index contributed by atoms with van der Waals surface area (Å²) in [5, 5.41) is 0. The second kappa shape index (κ2) is 5.64. The fraction of sp³-hybridized carbons (Fsp3) is 0.350. The third-order valence-electron chi connectivity index (χ3n) is 5.51. The van der Waals surface area contributed by atoms with E-state index in [4.69, 9.17) is 0 Å². The van der Waals surface area contributed by atoms with Gasteiger partial charge >= 0.3 is 0 Å². The van der Waals surface area contributed by atoms with Crippen molar-refractivity contribution in [2.45, 2.75) is 24.9 Å². The minimum Gasteiger partial charge on any atom is -0.351 e. The van der Waals surface area contributed by atoms with Gasteiger partial charge in [0.05, 0.1) is 0 Å². The standard InChI is InChI=1S/C20H23N3O/c1-21-10-4-6-14(21)12-16-18-8-9-19(23(18)3)17(20(16)24)13-15-7-5-11-22(15)2/h4-7,10-13,18-19H,8-9H2,1-3H3/b16-12-,17-13+/t18-,19-/m0/s1. The summed E-state index contributed by atoms with van der Waals surface area (Å²) in [6.07, 6.45) is 10.3. The molecular formula is C20H23N3O. The van der Waals surface area contributed by atoms with Gasteiger partial charge in [-0.15, -0.1) is 0 Å². The first-order valence-electron chi connectivity index (χ1n) is 8.49. The number of carbonyl (C=O) groups excluding carboxylic acids is 1. The Morgan fingerprint density at radius 1 is 0.875 bits per heavy atom. The Kier molecular flexibility index (Phi) is 3.57. The van der Waals surface area contributed by atoms with E-state index in [2.05, 4.69) is 45.4 Å². The second-order valence-corrected chi connectivity index (χ2v) is 6.89. The molecule has 0 aliphatic carbocycles. The molecule has 2 bridgehead atoms. The van der Waals surface area contributed by atoms with Crippen LogP contribution in [-0.2, 0) is 18.9 Å². The predicted molar refractivity (Wildman–Crippen MR) is 96.4 cm³/mol. The van der Waals surface area contributed by atoms with E-state index in [0.717, 1.165) is 35.4 Å². The molecule has 0 amide bonds. The largest absolute Gasteiger partial charge is 0.351 e. The van der Waals surface area contributed by atoms with Crippen molar-refractivity contribution in [2.75, 3.05) is 7.05 Å². The van der Waals surface area contributed by atoms with E-state index >= 15 is 0 Å². The minimum atomic E-state index is 0.211. The molecule has 124 valence electrons. The van der Waals surface area contributed by atoms with Crippen molar-refractivity contribution in [3.63, 3.8) is 0 Å². The van der Waals surface area contributed by atoms with Crippen molar-refractivity contribution in [3.8, 4) is 0 Å². The van der Waals surface area contributed by atoms with Gasteiger partial charge in [0.25, 0.3) is 0 Å². The SMILES string of the molecule is CN1[C@H]2CC[C@H]1/C(=C\c1cccn1C)C(=O)/C2=C\c1cccn1C. The number of ketones is 1. The Labute approximate surface area is 142 Å². The molecule has 2 fully saturated rings. The third kappa shape index (κ3) is 2.29. The van der Waals surface area contributed by atoms with Gasteiger partial charge in [0.2, 0.25) is 0 Å². The van der Waals surface area contributed by atoms with E-state index in [9.17, 15) is 4.79 Å². The zero-order valence-electron chi connectivity index (χ0n) is 14.4. The molecule has 0 aromatic carbocycles. The second-order valence-electron chi connectivity index (χ2n) is 6.89. The lowest BCUT2D eigenvalue weighted by Gasteiger charge is -2.34. The van der Waals surface area contributed by atoms with Gasteiger partial charge < -0.3 is 9.13 Å². The van der Waals surface area contributed by atoms with Gasteiger partial charge in [-0.2, -0.15) is 0 Å². The van der Waals surface area contributed by atoms with Crippen LogP contribution in [0.25, 0.3) is 12.2 Å². The predicted octanol–water partition coefficient (Wildman–Crippen LogP) is 2.88. The molecule has 2 aliphatic rings. The van der Waals surface area contributed by atoms with Crippen LogP contribution in [0.3, 0.4) is 0 Å². The minimum absolute atomic E-state index is 0.211. The Morgan fingerprint density at radius 2 is 1.33 bits per heavy atom. The van der Waals surface area contributed by atoms with Crippen molar-refractivity contribution >= 4 is 17.9 Å². The van der Waals surface area contributed by atoms with E-state index in [1.165, 1.54) is 0 Å². The quantitative estimate of drug-likeness (QED) is 0.796. The summed E-state index contributed by atoms with van der Waals surface area (Å²) >= 11 is 0. The third-order valence-corrected chi connectivity index (χ3v) is 5.51. The lowest BCUT2D eigenvalue weighted by Crippen LogP contribution is -2.43. The number of piperidine rings is 1. The van der Waals surface area contributed by atoms with Gasteiger partial charge in [0.1, 0.15) is 0 Å². The van der Waals surface area contributed by atoms with Gasteiger partial charge in [0.15, 0.2) is 5.78 Å². The average Bonchev–Trinajstić information content (AvgIpc) is 3.22. The van der Waals surface area contributed by atoms with Crippen LogP contribution >= 0.6 is 0 Å².